The molecule has 1 aromatic heterocycles. The number of piperidine rings is 1. The number of aliphatic hydroxyl groups excluding tert-OH is 2. The monoisotopic (exact) mass is 388 g/mol. The first-order valence-corrected chi connectivity index (χ1v) is 9.84. The van der Waals surface area contributed by atoms with Crippen LogP contribution in [0.3, 0.4) is 0 Å². The summed E-state index contributed by atoms with van der Waals surface area (Å²) in [6.07, 6.45) is 0.406. The van der Waals surface area contributed by atoms with Gasteiger partial charge in [-0.3, -0.25) is 4.90 Å². The largest absolute Gasteiger partial charge is 0.497 e. The van der Waals surface area contributed by atoms with E-state index in [9.17, 15) is 10.2 Å². The molecule has 0 bridgehead atoms. The summed E-state index contributed by atoms with van der Waals surface area (Å²) < 4.78 is 17.0. The predicted octanol–water partition coefficient (Wildman–Crippen LogP) is 2.14. The average Bonchev–Trinajstić information content (AvgIpc) is 3.08. The van der Waals surface area contributed by atoms with Crippen LogP contribution in [0.4, 0.5) is 0 Å². The number of benzene rings is 1. The van der Waals surface area contributed by atoms with Crippen molar-refractivity contribution in [3.05, 3.63) is 35.7 Å². The highest BCUT2D eigenvalue weighted by Gasteiger charge is 2.47. The molecule has 2 aromatic rings. The van der Waals surface area contributed by atoms with Crippen molar-refractivity contribution in [1.82, 2.24) is 9.88 Å². The van der Waals surface area contributed by atoms with Crippen LogP contribution in [0, 0.1) is 6.92 Å². The van der Waals surface area contributed by atoms with Crippen LogP contribution in [0.1, 0.15) is 30.7 Å². The molecule has 1 aromatic carbocycles. The van der Waals surface area contributed by atoms with E-state index in [0.29, 0.717) is 38.3 Å². The number of hydrogen-bond donors (Lipinski definition) is 2. The van der Waals surface area contributed by atoms with Gasteiger partial charge in [-0.05, 0) is 50.5 Å². The fourth-order valence-corrected chi connectivity index (χ4v) is 4.15. The van der Waals surface area contributed by atoms with Crippen LogP contribution in [-0.4, -0.2) is 64.7 Å². The lowest BCUT2D eigenvalue weighted by atomic mass is 9.80. The highest BCUT2D eigenvalue weighted by Crippen LogP contribution is 2.36. The molecule has 2 fully saturated rings. The second kappa shape index (κ2) is 7.83. The maximum atomic E-state index is 10.4. The molecule has 7 nitrogen and oxygen atoms in total. The second-order valence-corrected chi connectivity index (χ2v) is 7.74. The van der Waals surface area contributed by atoms with Crippen LogP contribution in [0.25, 0.3) is 11.5 Å². The molecular formula is C21H28N2O5. The highest BCUT2D eigenvalue weighted by atomic mass is 16.5. The third kappa shape index (κ3) is 3.67. The molecule has 0 saturated carbocycles. The van der Waals surface area contributed by atoms with Crippen LogP contribution < -0.4 is 4.74 Å². The van der Waals surface area contributed by atoms with Crippen molar-refractivity contribution in [1.29, 1.82) is 0 Å². The summed E-state index contributed by atoms with van der Waals surface area (Å²) in [4.78, 5) is 6.99. The number of rotatable bonds is 4. The fraction of sp³-hybridized carbons (Fsp3) is 0.571. The molecule has 152 valence electrons. The molecule has 0 aliphatic carbocycles. The number of aliphatic hydroxyl groups is 2. The molecular weight excluding hydrogens is 360 g/mol. The van der Waals surface area contributed by atoms with Crippen molar-refractivity contribution < 1.29 is 24.1 Å². The zero-order valence-electron chi connectivity index (χ0n) is 16.4. The zero-order chi connectivity index (χ0) is 19.7. The number of methoxy groups -OCH3 is 1. The Labute approximate surface area is 164 Å². The van der Waals surface area contributed by atoms with E-state index < -0.39 is 17.8 Å². The van der Waals surface area contributed by atoms with Gasteiger partial charge in [0.25, 0.3) is 0 Å². The van der Waals surface area contributed by atoms with Gasteiger partial charge in [-0.1, -0.05) is 0 Å². The second-order valence-electron chi connectivity index (χ2n) is 7.74. The van der Waals surface area contributed by atoms with E-state index in [2.05, 4.69) is 4.90 Å². The van der Waals surface area contributed by atoms with Crippen LogP contribution >= 0.6 is 0 Å². The third-order valence-electron chi connectivity index (χ3n) is 6.01. The van der Waals surface area contributed by atoms with Gasteiger partial charge in [-0.2, -0.15) is 0 Å². The highest BCUT2D eigenvalue weighted by molar-refractivity contribution is 5.55. The van der Waals surface area contributed by atoms with E-state index in [1.54, 1.807) is 7.11 Å². The number of nitrogens with zero attached hydrogens (tertiary/aromatic N) is 2. The molecule has 1 spiro atoms. The van der Waals surface area contributed by atoms with Crippen molar-refractivity contribution in [2.45, 2.75) is 50.5 Å². The lowest BCUT2D eigenvalue weighted by Gasteiger charge is -2.48. The summed E-state index contributed by atoms with van der Waals surface area (Å²) in [6, 6.07) is 7.66. The Morgan fingerprint density at radius 1 is 1.21 bits per heavy atom. The number of aromatic nitrogens is 1. The first-order valence-electron chi connectivity index (χ1n) is 9.84. The summed E-state index contributed by atoms with van der Waals surface area (Å²) in [6.45, 7) is 4.71. The summed E-state index contributed by atoms with van der Waals surface area (Å²) in [5.74, 6) is 2.22. The Balaban J connectivity index is 1.41. The fourth-order valence-electron chi connectivity index (χ4n) is 4.15. The molecule has 2 aliphatic rings. The molecule has 2 saturated heterocycles. The molecule has 2 N–H and O–H groups in total. The van der Waals surface area contributed by atoms with Gasteiger partial charge in [0, 0.05) is 25.2 Å². The molecule has 7 heteroatoms. The lowest BCUT2D eigenvalue weighted by molar-refractivity contribution is -0.214. The summed E-state index contributed by atoms with van der Waals surface area (Å²) in [5.41, 5.74) is 1.23. The SMILES string of the molecule is COc1ccc(-c2nc(CN3CCC4(CC3)OCC[C@H](O)[C@@H]4O)c(C)o2)cc1. The minimum absolute atomic E-state index is 0.499. The molecule has 0 amide bonds. The van der Waals surface area contributed by atoms with Gasteiger partial charge in [-0.25, -0.2) is 4.98 Å². The Morgan fingerprint density at radius 3 is 2.61 bits per heavy atom. The van der Waals surface area contributed by atoms with Crippen LogP contribution in [-0.2, 0) is 11.3 Å². The normalized spacial score (nSPS) is 25.1. The molecule has 2 atom stereocenters. The topological polar surface area (TPSA) is 88.2 Å². The zero-order valence-corrected chi connectivity index (χ0v) is 16.4. The van der Waals surface area contributed by atoms with Gasteiger partial charge in [0.2, 0.25) is 5.89 Å². The predicted molar refractivity (Wildman–Crippen MR) is 103 cm³/mol. The van der Waals surface area contributed by atoms with Gasteiger partial charge in [0.05, 0.1) is 31.1 Å². The minimum atomic E-state index is -0.807. The third-order valence-corrected chi connectivity index (χ3v) is 6.01. The number of ether oxygens (including phenoxy) is 2. The van der Waals surface area contributed by atoms with Gasteiger partial charge >= 0.3 is 0 Å². The molecule has 4 rings (SSSR count). The molecule has 28 heavy (non-hydrogen) atoms. The maximum absolute atomic E-state index is 10.4. The van der Waals surface area contributed by atoms with Gasteiger partial charge in [0.1, 0.15) is 17.6 Å². The van der Waals surface area contributed by atoms with E-state index in [1.165, 1.54) is 0 Å². The van der Waals surface area contributed by atoms with Crippen molar-refractivity contribution in [3.63, 3.8) is 0 Å². The Hall–Kier alpha value is -1.93. The van der Waals surface area contributed by atoms with Crippen LogP contribution in [0.5, 0.6) is 5.75 Å². The molecule has 0 radical (unpaired) electrons. The average molecular weight is 388 g/mol. The molecule has 0 unspecified atom stereocenters. The van der Waals surface area contributed by atoms with Crippen LogP contribution in [0.15, 0.2) is 28.7 Å². The number of aryl methyl sites for hydroxylation is 1. The van der Waals surface area contributed by atoms with Gasteiger partial charge in [-0.15, -0.1) is 0 Å². The first kappa shape index (κ1) is 19.4. The van der Waals surface area contributed by atoms with Crippen molar-refractivity contribution >= 4 is 0 Å². The lowest BCUT2D eigenvalue weighted by Crippen LogP contribution is -2.59. The summed E-state index contributed by atoms with van der Waals surface area (Å²) >= 11 is 0. The summed E-state index contributed by atoms with van der Waals surface area (Å²) in [5, 5.41) is 20.4. The van der Waals surface area contributed by atoms with E-state index in [1.807, 2.05) is 31.2 Å². The Kier molecular flexibility index (Phi) is 5.42. The van der Waals surface area contributed by atoms with E-state index >= 15 is 0 Å². The minimum Gasteiger partial charge on any atom is -0.497 e. The standard InChI is InChI=1S/C21H28N2O5/c1-14-17(22-20(28-14)15-3-5-16(26-2)6-4-15)13-23-10-8-21(9-11-23)19(25)18(24)7-12-27-21/h3-6,18-19,24-25H,7-13H2,1-2H3/t18-,19-/m0/s1. The van der Waals surface area contributed by atoms with E-state index in [4.69, 9.17) is 18.9 Å². The number of oxazole rings is 1. The summed E-state index contributed by atoms with van der Waals surface area (Å²) in [7, 11) is 1.64. The first-order chi connectivity index (χ1) is 13.5. The van der Waals surface area contributed by atoms with Crippen molar-refractivity contribution in [3.8, 4) is 17.2 Å². The van der Waals surface area contributed by atoms with E-state index in [0.717, 1.165) is 35.9 Å². The number of likely N-dealkylation sites (tertiary alicyclic amines) is 1. The Bertz CT molecular complexity index is 796. The molecule has 2 aliphatic heterocycles. The maximum Gasteiger partial charge on any atom is 0.226 e. The van der Waals surface area contributed by atoms with Gasteiger partial charge < -0.3 is 24.1 Å². The smallest absolute Gasteiger partial charge is 0.226 e. The van der Waals surface area contributed by atoms with Gasteiger partial charge in [0.15, 0.2) is 0 Å². The number of hydrogen-bond acceptors (Lipinski definition) is 7. The van der Waals surface area contributed by atoms with Crippen molar-refractivity contribution in [2.75, 3.05) is 26.8 Å². The van der Waals surface area contributed by atoms with Crippen LogP contribution in [0.2, 0.25) is 0 Å². The molecule has 3 heterocycles. The van der Waals surface area contributed by atoms with Crippen molar-refractivity contribution in [2.24, 2.45) is 0 Å². The van der Waals surface area contributed by atoms with E-state index in [-0.39, 0.29) is 0 Å². The Morgan fingerprint density at radius 2 is 1.93 bits per heavy atom. The quantitative estimate of drug-likeness (QED) is 0.830.